The molecule has 1 aromatic carbocycles. The summed E-state index contributed by atoms with van der Waals surface area (Å²) in [5.74, 6) is -1.58. The van der Waals surface area contributed by atoms with E-state index in [-0.39, 0.29) is 22.9 Å². The van der Waals surface area contributed by atoms with Crippen LogP contribution in [0.5, 0.6) is 11.5 Å². The van der Waals surface area contributed by atoms with Crippen LogP contribution in [0.3, 0.4) is 0 Å². The number of ether oxygens (including phenoxy) is 1. The quantitative estimate of drug-likeness (QED) is 0.542. The Morgan fingerprint density at radius 3 is 2.68 bits per heavy atom. The van der Waals surface area contributed by atoms with Crippen molar-refractivity contribution in [1.82, 2.24) is 15.1 Å². The smallest absolute Gasteiger partial charge is 0.272 e. The molecule has 1 saturated carbocycles. The number of carbonyl (C=O) groups excluding carboxylic acids is 2. The molecule has 1 heterocycles. The highest BCUT2D eigenvalue weighted by Gasteiger charge is 2.31. The largest absolute Gasteiger partial charge is 0.507 e. The van der Waals surface area contributed by atoms with Gasteiger partial charge in [-0.1, -0.05) is 25.3 Å². The summed E-state index contributed by atoms with van der Waals surface area (Å²) in [6.07, 6.45) is 7.28. The highest BCUT2D eigenvalue weighted by Crippen LogP contribution is 2.39. The summed E-state index contributed by atoms with van der Waals surface area (Å²) in [5.41, 5.74) is 11.5. The number of rotatable bonds is 7. The molecule has 0 saturated heterocycles. The Labute approximate surface area is 195 Å². The predicted octanol–water partition coefficient (Wildman–Crippen LogP) is 3.45. The van der Waals surface area contributed by atoms with Crippen LogP contribution in [0.4, 0.5) is 4.39 Å². The van der Waals surface area contributed by atoms with Gasteiger partial charge in [0.1, 0.15) is 23.2 Å². The molecule has 4 N–H and O–H groups in total. The first-order chi connectivity index (χ1) is 16.4. The highest BCUT2D eigenvalue weighted by molar-refractivity contribution is 5.97. The molecule has 0 radical (unpaired) electrons. The van der Waals surface area contributed by atoms with Crippen LogP contribution in [0.2, 0.25) is 0 Å². The van der Waals surface area contributed by atoms with Gasteiger partial charge in [-0.05, 0) is 60.6 Å². The lowest BCUT2D eigenvalue weighted by molar-refractivity contribution is -0.121. The van der Waals surface area contributed by atoms with Crippen molar-refractivity contribution in [3.8, 4) is 22.8 Å². The molecule has 2 amide bonds. The van der Waals surface area contributed by atoms with Crippen molar-refractivity contribution in [1.29, 1.82) is 0 Å². The average molecular weight is 464 g/mol. The maximum atomic E-state index is 13.5. The number of nitrogens with zero attached hydrogens (tertiary/aromatic N) is 2. The van der Waals surface area contributed by atoms with Gasteiger partial charge in [0, 0.05) is 0 Å². The Kier molecular flexibility index (Phi) is 6.68. The van der Waals surface area contributed by atoms with Gasteiger partial charge in [-0.3, -0.25) is 9.59 Å². The second-order valence-corrected chi connectivity index (χ2v) is 8.25. The summed E-state index contributed by atoms with van der Waals surface area (Å²) in [6, 6.07) is 5.39. The second kappa shape index (κ2) is 9.83. The number of methoxy groups -OCH3 is 1. The lowest BCUT2D eigenvalue weighted by Gasteiger charge is -2.28. The first-order valence-electron chi connectivity index (χ1n) is 11.1. The van der Waals surface area contributed by atoms with E-state index in [0.29, 0.717) is 17.1 Å². The van der Waals surface area contributed by atoms with Gasteiger partial charge in [0.2, 0.25) is 5.91 Å². The van der Waals surface area contributed by atoms with Gasteiger partial charge >= 0.3 is 0 Å². The Balaban J connectivity index is 1.77. The van der Waals surface area contributed by atoms with Crippen LogP contribution >= 0.6 is 0 Å². The number of phenolic OH excluding ortho intramolecular Hbond substituents is 1. The van der Waals surface area contributed by atoms with Gasteiger partial charge in [-0.15, -0.1) is 0 Å². The molecule has 1 fully saturated rings. The van der Waals surface area contributed by atoms with Crippen LogP contribution in [0, 0.1) is 5.92 Å². The number of carbonyl (C=O) groups is 2. The van der Waals surface area contributed by atoms with Crippen LogP contribution in [-0.4, -0.2) is 39.9 Å². The summed E-state index contributed by atoms with van der Waals surface area (Å²) in [6.45, 7) is 0. The van der Waals surface area contributed by atoms with E-state index in [1.54, 1.807) is 12.1 Å². The fourth-order valence-corrected chi connectivity index (χ4v) is 4.39. The van der Waals surface area contributed by atoms with E-state index in [2.05, 4.69) is 21.9 Å². The number of nitrogens with two attached hydrogens (primary N) is 1. The lowest BCUT2D eigenvalue weighted by atomic mass is 9.83. The Morgan fingerprint density at radius 1 is 1.26 bits per heavy atom. The number of hydrogen-bond acceptors (Lipinski definition) is 5. The molecule has 34 heavy (non-hydrogen) atoms. The van der Waals surface area contributed by atoms with Crippen LogP contribution in [0.15, 0.2) is 53.7 Å². The number of allylic oxidation sites excluding steroid dienone is 4. The monoisotopic (exact) mass is 464 g/mol. The standard InChI is InChI=1S/C25H25FN4O4/c1-34-21-9-5-8-20(31)22(21)19-14-18(29-30(19)17-12-10-16(26)11-13-17)25(33)28-23(24(27)32)15-6-3-2-4-7-15/h5,8-10,12,14-15,23,31H,2-4,6-7H2,1H3,(H2,27,32)(H,28,33). The van der Waals surface area contributed by atoms with E-state index in [4.69, 9.17) is 10.5 Å². The van der Waals surface area contributed by atoms with E-state index in [1.807, 2.05) is 0 Å². The number of primary amides is 1. The summed E-state index contributed by atoms with van der Waals surface area (Å²) < 4.78 is 20.2. The van der Waals surface area contributed by atoms with Crippen molar-refractivity contribution in [3.05, 3.63) is 59.4 Å². The molecule has 0 spiro atoms. The van der Waals surface area contributed by atoms with Gasteiger partial charge in [0.15, 0.2) is 11.5 Å². The fourth-order valence-electron chi connectivity index (χ4n) is 4.39. The first-order valence-corrected chi connectivity index (χ1v) is 11.1. The lowest BCUT2D eigenvalue weighted by Crippen LogP contribution is -2.49. The van der Waals surface area contributed by atoms with Gasteiger partial charge in [0.05, 0.1) is 18.4 Å². The SMILES string of the molecule is COc1cccc(O)c1-c1cc(C(=O)NC(C(N)=O)C2CCCCC2)nn1C1=C=C=C(F)C=C1. The number of amides is 2. The molecule has 9 heteroatoms. The summed E-state index contributed by atoms with van der Waals surface area (Å²) >= 11 is 0. The van der Waals surface area contributed by atoms with Crippen LogP contribution in [0.1, 0.15) is 42.6 Å². The molecule has 0 aliphatic heterocycles. The Hall–Kier alpha value is -4.06. The third-order valence-electron chi connectivity index (χ3n) is 6.06. The molecule has 2 aromatic rings. The average Bonchev–Trinajstić information content (AvgIpc) is 3.28. The molecule has 1 aromatic heterocycles. The zero-order valence-electron chi connectivity index (χ0n) is 18.7. The first kappa shape index (κ1) is 23.1. The van der Waals surface area contributed by atoms with E-state index in [9.17, 15) is 19.1 Å². The van der Waals surface area contributed by atoms with Gasteiger partial charge in [-0.2, -0.15) is 9.49 Å². The van der Waals surface area contributed by atoms with Crippen molar-refractivity contribution in [2.45, 2.75) is 38.1 Å². The van der Waals surface area contributed by atoms with E-state index in [1.165, 1.54) is 36.1 Å². The van der Waals surface area contributed by atoms with Crippen molar-refractivity contribution < 1.29 is 23.8 Å². The van der Waals surface area contributed by atoms with Gasteiger partial charge < -0.3 is 20.9 Å². The molecule has 176 valence electrons. The molecule has 2 aliphatic carbocycles. The minimum absolute atomic E-state index is 0.0138. The third kappa shape index (κ3) is 4.66. The normalized spacial score (nSPS) is 16.5. The van der Waals surface area contributed by atoms with E-state index in [0.717, 1.165) is 32.1 Å². The summed E-state index contributed by atoms with van der Waals surface area (Å²) in [4.78, 5) is 25.3. The van der Waals surface area contributed by atoms with Gasteiger partial charge in [-0.25, -0.2) is 4.68 Å². The van der Waals surface area contributed by atoms with E-state index < -0.39 is 23.7 Å². The number of aromatic hydroxyl groups is 1. The third-order valence-corrected chi connectivity index (χ3v) is 6.06. The van der Waals surface area contributed by atoms with Crippen molar-refractivity contribution >= 4 is 17.5 Å². The Morgan fingerprint density at radius 2 is 2.03 bits per heavy atom. The van der Waals surface area contributed by atoms with Crippen LogP contribution in [0.25, 0.3) is 17.0 Å². The van der Waals surface area contributed by atoms with Gasteiger partial charge in [0.25, 0.3) is 5.91 Å². The van der Waals surface area contributed by atoms with Crippen molar-refractivity contribution in [2.24, 2.45) is 11.7 Å². The zero-order valence-corrected chi connectivity index (χ0v) is 18.7. The maximum absolute atomic E-state index is 13.5. The number of benzene rings is 1. The minimum atomic E-state index is -0.813. The van der Waals surface area contributed by atoms with Crippen LogP contribution in [-0.2, 0) is 4.79 Å². The van der Waals surface area contributed by atoms with Crippen molar-refractivity contribution in [2.75, 3.05) is 7.11 Å². The molecule has 0 bridgehead atoms. The second-order valence-electron chi connectivity index (χ2n) is 8.25. The summed E-state index contributed by atoms with van der Waals surface area (Å²) in [5, 5.41) is 17.7. The topological polar surface area (TPSA) is 119 Å². The minimum Gasteiger partial charge on any atom is -0.507 e. The molecule has 1 unspecified atom stereocenters. The number of halogens is 1. The molecule has 2 aliphatic rings. The molecule has 1 atom stereocenters. The number of hydrogen-bond donors (Lipinski definition) is 3. The number of phenols is 1. The van der Waals surface area contributed by atoms with Crippen molar-refractivity contribution in [3.63, 3.8) is 0 Å². The fraction of sp³-hybridized carbons (Fsp3) is 0.320. The predicted molar refractivity (Wildman–Crippen MR) is 123 cm³/mol. The van der Waals surface area contributed by atoms with Crippen LogP contribution < -0.4 is 15.8 Å². The maximum Gasteiger partial charge on any atom is 0.272 e. The molecular weight excluding hydrogens is 439 g/mol. The zero-order chi connectivity index (χ0) is 24.2. The Bertz CT molecular complexity index is 1260. The number of aromatic nitrogens is 2. The highest BCUT2D eigenvalue weighted by atomic mass is 19.1. The molecular formula is C25H25FN4O4. The molecule has 4 rings (SSSR count). The number of nitrogens with one attached hydrogen (secondary N) is 1. The van der Waals surface area contributed by atoms with E-state index >= 15 is 0 Å². The summed E-state index contributed by atoms with van der Waals surface area (Å²) in [7, 11) is 1.45. The molecule has 8 nitrogen and oxygen atoms in total.